The van der Waals surface area contributed by atoms with E-state index in [2.05, 4.69) is 5.92 Å². The zero-order valence-electron chi connectivity index (χ0n) is 13.3. The number of anilines is 2. The summed E-state index contributed by atoms with van der Waals surface area (Å²) in [5.41, 5.74) is 1.50. The molecule has 1 N–H and O–H groups in total. The minimum absolute atomic E-state index is 0.00492. The van der Waals surface area contributed by atoms with Gasteiger partial charge >= 0.3 is 5.97 Å². The van der Waals surface area contributed by atoms with E-state index in [0.29, 0.717) is 25.4 Å². The van der Waals surface area contributed by atoms with Gasteiger partial charge in [0.1, 0.15) is 5.75 Å². The van der Waals surface area contributed by atoms with Gasteiger partial charge in [0.15, 0.2) is 6.61 Å². The van der Waals surface area contributed by atoms with Crippen molar-refractivity contribution in [2.24, 2.45) is 5.92 Å². The monoisotopic (exact) mass is 316 g/mol. The summed E-state index contributed by atoms with van der Waals surface area (Å²) in [6, 6.07) is 5.44. The summed E-state index contributed by atoms with van der Waals surface area (Å²) < 4.78 is 5.50. The lowest BCUT2D eigenvalue weighted by atomic mass is 10.1. The second-order valence-electron chi connectivity index (χ2n) is 5.40. The Hall–Kier alpha value is -2.68. The number of fused-ring (bicyclic) bond motifs is 1. The van der Waals surface area contributed by atoms with E-state index in [-0.39, 0.29) is 12.5 Å². The summed E-state index contributed by atoms with van der Waals surface area (Å²) in [6.07, 6.45) is 5.39. The highest BCUT2D eigenvalue weighted by atomic mass is 16.5. The van der Waals surface area contributed by atoms with Crippen molar-refractivity contribution >= 4 is 23.3 Å². The topological polar surface area (TPSA) is 70.1 Å². The Bertz CT molecular complexity index is 650. The third-order valence-electron chi connectivity index (χ3n) is 3.77. The van der Waals surface area contributed by atoms with E-state index in [9.17, 15) is 9.59 Å². The number of aliphatic carboxylic acids is 1. The average molecular weight is 316 g/mol. The van der Waals surface area contributed by atoms with Crippen LogP contribution in [0.25, 0.3) is 0 Å². The number of nitrogens with zero attached hydrogens (tertiary/aromatic N) is 2. The third-order valence-corrected chi connectivity index (χ3v) is 3.77. The standard InChI is InChI=1S/C17H20N2O4/c1-4-8-18(10-12(3)17(21)22)13-6-7-14-15(9-13)23-11-16(20)19(14)5-2/h1,6-7,9,12H,5,8,10-11H2,2-3H3,(H,21,22). The van der Waals surface area contributed by atoms with Crippen LogP contribution in [0, 0.1) is 18.3 Å². The van der Waals surface area contributed by atoms with Gasteiger partial charge in [-0.3, -0.25) is 9.59 Å². The Morgan fingerprint density at radius 3 is 2.91 bits per heavy atom. The van der Waals surface area contributed by atoms with Gasteiger partial charge in [0, 0.05) is 24.8 Å². The van der Waals surface area contributed by atoms with Crippen LogP contribution in [0.5, 0.6) is 5.75 Å². The molecular formula is C17H20N2O4. The number of carbonyl (C=O) groups excluding carboxylic acids is 1. The molecule has 0 fully saturated rings. The lowest BCUT2D eigenvalue weighted by Crippen LogP contribution is -2.38. The quantitative estimate of drug-likeness (QED) is 0.807. The Labute approximate surface area is 135 Å². The van der Waals surface area contributed by atoms with Gasteiger partial charge < -0.3 is 19.6 Å². The molecule has 0 radical (unpaired) electrons. The van der Waals surface area contributed by atoms with E-state index in [0.717, 1.165) is 11.4 Å². The van der Waals surface area contributed by atoms with Crippen molar-refractivity contribution in [2.75, 3.05) is 36.0 Å². The van der Waals surface area contributed by atoms with Crippen molar-refractivity contribution in [3.63, 3.8) is 0 Å². The Kier molecular flexibility index (Phi) is 5.12. The molecule has 0 saturated heterocycles. The van der Waals surface area contributed by atoms with Crippen LogP contribution in [0.1, 0.15) is 13.8 Å². The molecular weight excluding hydrogens is 296 g/mol. The molecule has 1 amide bonds. The van der Waals surface area contributed by atoms with E-state index in [1.807, 2.05) is 17.9 Å². The lowest BCUT2D eigenvalue weighted by Gasteiger charge is -2.30. The number of ether oxygens (including phenoxy) is 1. The molecule has 1 aliphatic heterocycles. The summed E-state index contributed by atoms with van der Waals surface area (Å²) in [7, 11) is 0. The summed E-state index contributed by atoms with van der Waals surface area (Å²) >= 11 is 0. The van der Waals surface area contributed by atoms with Gasteiger partial charge in [-0.25, -0.2) is 0 Å². The predicted octanol–water partition coefficient (Wildman–Crippen LogP) is 1.59. The predicted molar refractivity (Wildman–Crippen MR) is 87.8 cm³/mol. The molecule has 6 heteroatoms. The van der Waals surface area contributed by atoms with Gasteiger partial charge in [0.2, 0.25) is 0 Å². The first-order chi connectivity index (χ1) is 11.0. The van der Waals surface area contributed by atoms with E-state index in [1.165, 1.54) is 0 Å². The molecule has 122 valence electrons. The van der Waals surface area contributed by atoms with Crippen LogP contribution in [-0.2, 0) is 9.59 Å². The van der Waals surface area contributed by atoms with Crippen molar-refractivity contribution in [1.82, 2.24) is 0 Å². The molecule has 2 rings (SSSR count). The van der Waals surface area contributed by atoms with Crippen LogP contribution in [-0.4, -0.2) is 43.2 Å². The number of terminal acetylenes is 1. The molecule has 1 aliphatic rings. The number of rotatable bonds is 6. The number of amides is 1. The second-order valence-corrected chi connectivity index (χ2v) is 5.40. The molecule has 0 spiro atoms. The Morgan fingerprint density at radius 2 is 2.30 bits per heavy atom. The van der Waals surface area contributed by atoms with E-state index >= 15 is 0 Å². The fraction of sp³-hybridized carbons (Fsp3) is 0.412. The van der Waals surface area contributed by atoms with Crippen molar-refractivity contribution in [2.45, 2.75) is 13.8 Å². The minimum atomic E-state index is -0.871. The van der Waals surface area contributed by atoms with E-state index < -0.39 is 11.9 Å². The van der Waals surface area contributed by atoms with Crippen molar-refractivity contribution in [3.8, 4) is 18.1 Å². The lowest BCUT2D eigenvalue weighted by molar-refractivity contribution is -0.140. The van der Waals surface area contributed by atoms with Crippen LogP contribution in [0.15, 0.2) is 18.2 Å². The maximum absolute atomic E-state index is 11.8. The van der Waals surface area contributed by atoms with Crippen LogP contribution < -0.4 is 14.5 Å². The largest absolute Gasteiger partial charge is 0.481 e. The summed E-state index contributed by atoms with van der Waals surface area (Å²) in [4.78, 5) is 26.4. The minimum Gasteiger partial charge on any atom is -0.481 e. The maximum Gasteiger partial charge on any atom is 0.308 e. The molecule has 0 saturated carbocycles. The zero-order valence-corrected chi connectivity index (χ0v) is 13.3. The highest BCUT2D eigenvalue weighted by Gasteiger charge is 2.25. The molecule has 23 heavy (non-hydrogen) atoms. The normalized spacial score (nSPS) is 14.5. The van der Waals surface area contributed by atoms with E-state index in [1.54, 1.807) is 24.0 Å². The zero-order chi connectivity index (χ0) is 17.0. The van der Waals surface area contributed by atoms with E-state index in [4.69, 9.17) is 16.3 Å². The van der Waals surface area contributed by atoms with Crippen LogP contribution in [0.4, 0.5) is 11.4 Å². The van der Waals surface area contributed by atoms with Crippen molar-refractivity contribution in [1.29, 1.82) is 0 Å². The molecule has 0 bridgehead atoms. The molecule has 1 heterocycles. The second kappa shape index (κ2) is 7.05. The van der Waals surface area contributed by atoms with Gasteiger partial charge in [-0.1, -0.05) is 12.8 Å². The first kappa shape index (κ1) is 16.7. The third kappa shape index (κ3) is 3.57. The van der Waals surface area contributed by atoms with Crippen molar-refractivity contribution in [3.05, 3.63) is 18.2 Å². The molecule has 0 aliphatic carbocycles. The van der Waals surface area contributed by atoms with Gasteiger partial charge in [-0.2, -0.15) is 0 Å². The molecule has 1 aromatic carbocycles. The molecule has 0 aromatic heterocycles. The number of hydrogen-bond donors (Lipinski definition) is 1. The number of likely N-dealkylation sites (N-methyl/N-ethyl adjacent to an activating group) is 1. The van der Waals surface area contributed by atoms with Gasteiger partial charge in [-0.15, -0.1) is 6.42 Å². The summed E-state index contributed by atoms with van der Waals surface area (Å²) in [6.45, 7) is 4.71. The van der Waals surface area contributed by atoms with Gasteiger partial charge in [0.05, 0.1) is 18.2 Å². The highest BCUT2D eigenvalue weighted by molar-refractivity contribution is 5.98. The number of carboxylic acid groups (broad SMARTS) is 1. The van der Waals surface area contributed by atoms with Crippen molar-refractivity contribution < 1.29 is 19.4 Å². The number of carboxylic acids is 1. The fourth-order valence-electron chi connectivity index (χ4n) is 2.52. The van der Waals surface area contributed by atoms with Gasteiger partial charge in [-0.05, 0) is 19.1 Å². The molecule has 1 unspecified atom stereocenters. The molecule has 1 aromatic rings. The van der Waals surface area contributed by atoms with Crippen LogP contribution >= 0.6 is 0 Å². The number of benzene rings is 1. The Balaban J connectivity index is 2.30. The van der Waals surface area contributed by atoms with Crippen LogP contribution in [0.2, 0.25) is 0 Å². The Morgan fingerprint density at radius 1 is 1.57 bits per heavy atom. The smallest absolute Gasteiger partial charge is 0.308 e. The number of hydrogen-bond acceptors (Lipinski definition) is 4. The SMILES string of the molecule is C#CCN(CC(C)C(=O)O)c1ccc2c(c1)OCC(=O)N2CC. The highest BCUT2D eigenvalue weighted by Crippen LogP contribution is 2.35. The number of carbonyl (C=O) groups is 2. The first-order valence-corrected chi connectivity index (χ1v) is 7.46. The summed E-state index contributed by atoms with van der Waals surface area (Å²) in [5, 5.41) is 9.09. The van der Waals surface area contributed by atoms with Crippen LogP contribution in [0.3, 0.4) is 0 Å². The average Bonchev–Trinajstić information content (AvgIpc) is 2.53. The summed E-state index contributed by atoms with van der Waals surface area (Å²) in [5.74, 6) is 1.66. The maximum atomic E-state index is 11.8. The first-order valence-electron chi connectivity index (χ1n) is 7.46. The van der Waals surface area contributed by atoms with Gasteiger partial charge in [0.25, 0.3) is 5.91 Å². The molecule has 1 atom stereocenters. The fourth-order valence-corrected chi connectivity index (χ4v) is 2.52. The molecule has 6 nitrogen and oxygen atoms in total.